The quantitative estimate of drug-likeness (QED) is 0.779. The van der Waals surface area contributed by atoms with Crippen molar-refractivity contribution in [1.29, 1.82) is 0 Å². The highest BCUT2D eigenvalue weighted by Gasteiger charge is 2.02. The first-order chi connectivity index (χ1) is 7.69. The van der Waals surface area contributed by atoms with Crippen LogP contribution in [0.2, 0.25) is 0 Å². The molecule has 0 radical (unpaired) electrons. The lowest BCUT2D eigenvalue weighted by atomic mass is 10.1. The molecule has 16 heavy (non-hydrogen) atoms. The van der Waals surface area contributed by atoms with Crippen LogP contribution in [0.25, 0.3) is 11.1 Å². The fourth-order valence-corrected chi connectivity index (χ4v) is 1.55. The maximum absolute atomic E-state index is 5.79. The summed E-state index contributed by atoms with van der Waals surface area (Å²) in [4.78, 5) is 8.12. The van der Waals surface area contributed by atoms with Crippen molar-refractivity contribution < 1.29 is 4.74 Å². The molecule has 0 fully saturated rings. The number of aromatic nitrogens is 2. The highest BCUT2D eigenvalue weighted by molar-refractivity contribution is 5.67. The van der Waals surface area contributed by atoms with Crippen molar-refractivity contribution in [2.75, 3.05) is 12.8 Å². The van der Waals surface area contributed by atoms with Crippen molar-refractivity contribution in [3.05, 3.63) is 36.2 Å². The van der Waals surface area contributed by atoms with E-state index in [0.717, 1.165) is 22.4 Å². The van der Waals surface area contributed by atoms with Gasteiger partial charge < -0.3 is 10.5 Å². The molecule has 82 valence electrons. The van der Waals surface area contributed by atoms with E-state index in [-0.39, 0.29) is 0 Å². The minimum atomic E-state index is 0.365. The molecule has 0 bridgehead atoms. The number of nitrogen functional groups attached to an aromatic ring is 1. The number of methoxy groups -OCH3 is 1. The third kappa shape index (κ3) is 2.11. The molecule has 0 aliphatic heterocycles. The van der Waals surface area contributed by atoms with Crippen LogP contribution in [0.5, 0.6) is 6.01 Å². The summed E-state index contributed by atoms with van der Waals surface area (Å²) in [7, 11) is 1.54. The van der Waals surface area contributed by atoms with Gasteiger partial charge in [-0.3, -0.25) is 0 Å². The molecule has 1 aromatic heterocycles. The minimum Gasteiger partial charge on any atom is -0.467 e. The van der Waals surface area contributed by atoms with Crippen LogP contribution in [0.1, 0.15) is 5.56 Å². The van der Waals surface area contributed by atoms with Gasteiger partial charge in [0.15, 0.2) is 0 Å². The van der Waals surface area contributed by atoms with Gasteiger partial charge in [0.05, 0.1) is 7.11 Å². The van der Waals surface area contributed by atoms with Gasteiger partial charge in [0, 0.05) is 23.6 Å². The molecule has 1 heterocycles. The first-order valence-electron chi connectivity index (χ1n) is 4.92. The van der Waals surface area contributed by atoms with Crippen LogP contribution in [0.4, 0.5) is 5.69 Å². The maximum atomic E-state index is 5.79. The van der Waals surface area contributed by atoms with Crippen molar-refractivity contribution in [1.82, 2.24) is 9.97 Å². The molecule has 2 aromatic rings. The van der Waals surface area contributed by atoms with Gasteiger partial charge in [-0.05, 0) is 30.2 Å². The lowest BCUT2D eigenvalue weighted by Crippen LogP contribution is -1.92. The third-order valence-corrected chi connectivity index (χ3v) is 2.24. The molecule has 0 saturated heterocycles. The van der Waals surface area contributed by atoms with E-state index in [4.69, 9.17) is 10.5 Å². The molecular formula is C12H13N3O. The summed E-state index contributed by atoms with van der Waals surface area (Å²) in [6.45, 7) is 2.00. The molecule has 4 heteroatoms. The summed E-state index contributed by atoms with van der Waals surface area (Å²) in [5, 5.41) is 0. The Balaban J connectivity index is 2.42. The van der Waals surface area contributed by atoms with Gasteiger partial charge in [0.2, 0.25) is 0 Å². The average molecular weight is 215 g/mol. The molecule has 0 aliphatic rings. The molecule has 0 unspecified atom stereocenters. The molecule has 0 atom stereocenters. The van der Waals surface area contributed by atoms with Gasteiger partial charge in [-0.25, -0.2) is 9.97 Å². The zero-order valence-corrected chi connectivity index (χ0v) is 9.27. The van der Waals surface area contributed by atoms with Crippen LogP contribution >= 0.6 is 0 Å². The van der Waals surface area contributed by atoms with Crippen molar-refractivity contribution in [2.24, 2.45) is 0 Å². The maximum Gasteiger partial charge on any atom is 0.316 e. The monoisotopic (exact) mass is 215 g/mol. The van der Waals surface area contributed by atoms with Gasteiger partial charge in [0.1, 0.15) is 0 Å². The Morgan fingerprint density at radius 3 is 2.31 bits per heavy atom. The number of hydrogen-bond acceptors (Lipinski definition) is 4. The number of ether oxygens (including phenoxy) is 1. The Bertz CT molecular complexity index is 474. The van der Waals surface area contributed by atoms with Gasteiger partial charge in [0.25, 0.3) is 0 Å². The number of benzene rings is 1. The zero-order chi connectivity index (χ0) is 11.5. The van der Waals surface area contributed by atoms with Gasteiger partial charge in [-0.1, -0.05) is 6.07 Å². The number of anilines is 1. The van der Waals surface area contributed by atoms with E-state index in [1.807, 2.05) is 25.1 Å². The normalized spacial score (nSPS) is 10.1. The SMILES string of the molecule is COc1ncc(-c2cc(C)cc(N)c2)cn1. The highest BCUT2D eigenvalue weighted by Crippen LogP contribution is 2.22. The molecule has 2 rings (SSSR count). The number of nitrogens with two attached hydrogens (primary N) is 1. The highest BCUT2D eigenvalue weighted by atomic mass is 16.5. The Labute approximate surface area is 94.1 Å². The lowest BCUT2D eigenvalue weighted by molar-refractivity contribution is 0.380. The van der Waals surface area contributed by atoms with Gasteiger partial charge in [-0.2, -0.15) is 0 Å². The molecular weight excluding hydrogens is 202 g/mol. The first kappa shape index (κ1) is 10.4. The predicted molar refractivity (Wildman–Crippen MR) is 63.2 cm³/mol. The van der Waals surface area contributed by atoms with Gasteiger partial charge >= 0.3 is 6.01 Å². The fourth-order valence-electron chi connectivity index (χ4n) is 1.55. The molecule has 2 N–H and O–H groups in total. The minimum absolute atomic E-state index is 0.365. The van der Waals surface area contributed by atoms with Crippen LogP contribution in [0.3, 0.4) is 0 Å². The van der Waals surface area contributed by atoms with E-state index in [2.05, 4.69) is 9.97 Å². The lowest BCUT2D eigenvalue weighted by Gasteiger charge is -2.04. The molecule has 1 aromatic carbocycles. The summed E-state index contributed by atoms with van der Waals surface area (Å²) in [6, 6.07) is 6.23. The topological polar surface area (TPSA) is 61.0 Å². The molecule has 0 aliphatic carbocycles. The first-order valence-corrected chi connectivity index (χ1v) is 4.92. The zero-order valence-electron chi connectivity index (χ0n) is 9.27. The number of rotatable bonds is 2. The molecule has 0 spiro atoms. The van der Waals surface area contributed by atoms with Crippen LogP contribution < -0.4 is 10.5 Å². The van der Waals surface area contributed by atoms with Gasteiger partial charge in [-0.15, -0.1) is 0 Å². The van der Waals surface area contributed by atoms with E-state index < -0.39 is 0 Å². The van der Waals surface area contributed by atoms with E-state index >= 15 is 0 Å². The number of nitrogens with zero attached hydrogens (tertiary/aromatic N) is 2. The second kappa shape index (κ2) is 4.18. The van der Waals surface area contributed by atoms with E-state index in [1.165, 1.54) is 0 Å². The largest absolute Gasteiger partial charge is 0.467 e. The van der Waals surface area contributed by atoms with Crippen LogP contribution in [0.15, 0.2) is 30.6 Å². The average Bonchev–Trinajstić information content (AvgIpc) is 2.28. The predicted octanol–water partition coefficient (Wildman–Crippen LogP) is 2.04. The molecule has 4 nitrogen and oxygen atoms in total. The Morgan fingerprint density at radius 2 is 1.75 bits per heavy atom. The Kier molecular flexibility index (Phi) is 2.72. The van der Waals surface area contributed by atoms with E-state index in [0.29, 0.717) is 6.01 Å². The Morgan fingerprint density at radius 1 is 1.06 bits per heavy atom. The fraction of sp³-hybridized carbons (Fsp3) is 0.167. The number of aryl methyl sites for hydroxylation is 1. The summed E-state index contributed by atoms with van der Waals surface area (Å²) in [6.07, 6.45) is 3.44. The van der Waals surface area contributed by atoms with Crippen molar-refractivity contribution in [3.63, 3.8) is 0 Å². The second-order valence-corrected chi connectivity index (χ2v) is 3.59. The smallest absolute Gasteiger partial charge is 0.316 e. The van der Waals surface area contributed by atoms with E-state index in [9.17, 15) is 0 Å². The molecule has 0 amide bonds. The van der Waals surface area contributed by atoms with Crippen molar-refractivity contribution in [3.8, 4) is 17.1 Å². The summed E-state index contributed by atoms with van der Waals surface area (Å²) < 4.78 is 4.91. The van der Waals surface area contributed by atoms with Crippen LogP contribution in [-0.4, -0.2) is 17.1 Å². The number of hydrogen-bond donors (Lipinski definition) is 1. The molecule has 0 saturated carbocycles. The summed E-state index contributed by atoms with van der Waals surface area (Å²) in [5.74, 6) is 0. The van der Waals surface area contributed by atoms with Crippen LogP contribution in [-0.2, 0) is 0 Å². The summed E-state index contributed by atoms with van der Waals surface area (Å²) >= 11 is 0. The standard InChI is InChI=1S/C12H13N3O/c1-8-3-9(5-11(13)4-8)10-6-14-12(16-2)15-7-10/h3-7H,13H2,1-2H3. The second-order valence-electron chi connectivity index (χ2n) is 3.59. The van der Waals surface area contributed by atoms with Crippen LogP contribution in [0, 0.1) is 6.92 Å². The summed E-state index contributed by atoms with van der Waals surface area (Å²) in [5.41, 5.74) is 9.59. The van der Waals surface area contributed by atoms with Crippen molar-refractivity contribution >= 4 is 5.69 Å². The van der Waals surface area contributed by atoms with E-state index in [1.54, 1.807) is 19.5 Å². The third-order valence-electron chi connectivity index (χ3n) is 2.24. The Hall–Kier alpha value is -2.10. The van der Waals surface area contributed by atoms with Crippen molar-refractivity contribution in [2.45, 2.75) is 6.92 Å².